The first kappa shape index (κ1) is 73.7. The standard InChI is InChI=1S/C67H117N2O7P/c1-7-10-13-16-19-22-25-28-30-31-32-33-34-35-36-37-38-39-40-42-45-48-51-54-57-60-67(71)76-65(58-55-52-49-46-43-27-24-21-18-15-12-9-3)64(63-75-77(72,73)74-62-61-69(4,5)6)68-66(70)59-56-53-50-47-44-41-29-26-23-20-17-14-11-8-2/h10-11,13-14,19-20,22-23,28,30,32-33,35-36,38-39,55,58,64-65H,7-9,12,15-18,21,24-27,29,31,34,37,40-54,56-57,59-63H2,1-6H3,(H-,68,70,72,73)/p+1/b13-10-,14-11+,22-19-,23-20+,30-28-,33-32-,36-35-,39-38-,58-55-. The van der Waals surface area contributed by atoms with E-state index in [0.29, 0.717) is 23.9 Å². The van der Waals surface area contributed by atoms with Gasteiger partial charge in [-0.3, -0.25) is 18.6 Å². The predicted molar refractivity (Wildman–Crippen MR) is 332 cm³/mol. The zero-order chi connectivity index (χ0) is 56.4. The Hall–Kier alpha value is -3.33. The van der Waals surface area contributed by atoms with E-state index in [1.807, 2.05) is 33.3 Å². The molecule has 10 heteroatoms. The van der Waals surface area contributed by atoms with Gasteiger partial charge in [-0.05, 0) is 109 Å². The number of carbonyl (C=O) groups is 2. The summed E-state index contributed by atoms with van der Waals surface area (Å²) in [5, 5.41) is 3.04. The lowest BCUT2D eigenvalue weighted by Crippen LogP contribution is -2.47. The van der Waals surface area contributed by atoms with E-state index in [-0.39, 0.29) is 31.5 Å². The Balaban J connectivity index is 5.22. The quantitative estimate of drug-likeness (QED) is 0.0205. The van der Waals surface area contributed by atoms with Crippen molar-refractivity contribution < 1.29 is 37.3 Å². The Morgan fingerprint density at radius 1 is 0.468 bits per heavy atom. The van der Waals surface area contributed by atoms with Crippen LogP contribution in [0.25, 0.3) is 0 Å². The minimum atomic E-state index is -4.46. The molecule has 0 aliphatic carbocycles. The highest BCUT2D eigenvalue weighted by Crippen LogP contribution is 2.43. The van der Waals surface area contributed by atoms with Crippen LogP contribution in [0.3, 0.4) is 0 Å². The summed E-state index contributed by atoms with van der Waals surface area (Å²) in [4.78, 5) is 37.7. The average Bonchev–Trinajstić information content (AvgIpc) is 3.39. The molecule has 2 N–H and O–H groups in total. The summed E-state index contributed by atoms with van der Waals surface area (Å²) < 4.78 is 30.7. The van der Waals surface area contributed by atoms with Crippen LogP contribution in [0.4, 0.5) is 0 Å². The minimum Gasteiger partial charge on any atom is -0.456 e. The molecule has 0 spiro atoms. The highest BCUT2D eigenvalue weighted by atomic mass is 31.2. The highest BCUT2D eigenvalue weighted by molar-refractivity contribution is 7.47. The van der Waals surface area contributed by atoms with Crippen LogP contribution in [0.1, 0.15) is 252 Å². The molecule has 0 fully saturated rings. The van der Waals surface area contributed by atoms with E-state index in [2.05, 4.69) is 123 Å². The molecule has 0 saturated heterocycles. The number of hydrogen-bond donors (Lipinski definition) is 2. The van der Waals surface area contributed by atoms with Gasteiger partial charge in [-0.15, -0.1) is 0 Å². The Morgan fingerprint density at radius 2 is 0.831 bits per heavy atom. The number of ether oxygens (including phenoxy) is 1. The lowest BCUT2D eigenvalue weighted by molar-refractivity contribution is -0.870. The van der Waals surface area contributed by atoms with E-state index in [1.54, 1.807) is 0 Å². The van der Waals surface area contributed by atoms with E-state index in [0.717, 1.165) is 141 Å². The highest BCUT2D eigenvalue weighted by Gasteiger charge is 2.30. The molecule has 0 aromatic rings. The van der Waals surface area contributed by atoms with Gasteiger partial charge in [-0.25, -0.2) is 4.57 Å². The number of quaternary nitrogens is 1. The van der Waals surface area contributed by atoms with Crippen LogP contribution in [0.5, 0.6) is 0 Å². The van der Waals surface area contributed by atoms with Crippen molar-refractivity contribution in [3.8, 4) is 0 Å². The number of likely N-dealkylation sites (N-methyl/N-ethyl adjacent to an activating group) is 1. The molecule has 77 heavy (non-hydrogen) atoms. The first-order valence-corrected chi connectivity index (χ1v) is 32.7. The van der Waals surface area contributed by atoms with Crippen molar-refractivity contribution in [1.82, 2.24) is 5.32 Å². The molecule has 9 nitrogen and oxygen atoms in total. The molecule has 0 aliphatic heterocycles. The Kier molecular flexibility index (Phi) is 53.5. The van der Waals surface area contributed by atoms with Crippen molar-refractivity contribution in [2.45, 2.75) is 264 Å². The molecule has 0 heterocycles. The zero-order valence-corrected chi connectivity index (χ0v) is 51.3. The summed E-state index contributed by atoms with van der Waals surface area (Å²) in [5.74, 6) is -0.537. The van der Waals surface area contributed by atoms with Gasteiger partial charge in [0.2, 0.25) is 5.91 Å². The first-order chi connectivity index (χ1) is 37.4. The molecule has 0 aliphatic rings. The van der Waals surface area contributed by atoms with E-state index in [1.165, 1.54) is 70.6 Å². The second-order valence-electron chi connectivity index (χ2n) is 21.8. The summed E-state index contributed by atoms with van der Waals surface area (Å²) in [5.41, 5.74) is 0. The molecule has 0 bridgehead atoms. The zero-order valence-electron chi connectivity index (χ0n) is 50.4. The van der Waals surface area contributed by atoms with Crippen LogP contribution in [-0.4, -0.2) is 74.3 Å². The molecule has 0 aromatic heterocycles. The van der Waals surface area contributed by atoms with Gasteiger partial charge in [0.05, 0.1) is 33.8 Å². The van der Waals surface area contributed by atoms with Crippen molar-refractivity contribution in [2.24, 2.45) is 0 Å². The topological polar surface area (TPSA) is 111 Å². The lowest BCUT2D eigenvalue weighted by atomic mass is 10.0. The maximum atomic E-state index is 13.5. The third-order valence-corrected chi connectivity index (χ3v) is 14.2. The second kappa shape index (κ2) is 56.0. The Morgan fingerprint density at radius 3 is 1.25 bits per heavy atom. The number of unbranched alkanes of at least 4 members (excludes halogenated alkanes) is 23. The maximum Gasteiger partial charge on any atom is 0.472 e. The van der Waals surface area contributed by atoms with Gasteiger partial charge in [-0.2, -0.15) is 0 Å². The van der Waals surface area contributed by atoms with Crippen molar-refractivity contribution in [3.05, 3.63) is 109 Å². The summed E-state index contributed by atoms with van der Waals surface area (Å²) in [7, 11) is 1.47. The van der Waals surface area contributed by atoms with Crippen LogP contribution in [0, 0.1) is 0 Å². The Bertz CT molecular complexity index is 1690. The van der Waals surface area contributed by atoms with Crippen LogP contribution >= 0.6 is 7.82 Å². The smallest absolute Gasteiger partial charge is 0.456 e. The number of phosphoric acid groups is 1. The van der Waals surface area contributed by atoms with Crippen LogP contribution in [0.15, 0.2) is 109 Å². The summed E-state index contributed by atoms with van der Waals surface area (Å²) in [6.07, 6.45) is 76.6. The lowest BCUT2D eigenvalue weighted by Gasteiger charge is -2.27. The van der Waals surface area contributed by atoms with Gasteiger partial charge in [0.25, 0.3) is 0 Å². The largest absolute Gasteiger partial charge is 0.472 e. The van der Waals surface area contributed by atoms with Crippen molar-refractivity contribution in [2.75, 3.05) is 40.9 Å². The van der Waals surface area contributed by atoms with Gasteiger partial charge < -0.3 is 19.4 Å². The number of amides is 1. The summed E-state index contributed by atoms with van der Waals surface area (Å²) in [6.45, 7) is 6.77. The molecular formula is C67H118N2O7P+. The SMILES string of the molecule is CC/C=C\C/C=C\C/C=C\C/C=C\C/C=C\C/C=C\CCCCCCCCC(=O)OC(/C=C\CCCCCCCCCCCC)C(COP(=O)(O)OCC[N+](C)(C)C)NC(=O)CCCCCCCCC/C=C/C/C=C/CC. The van der Waals surface area contributed by atoms with Crippen molar-refractivity contribution >= 4 is 19.7 Å². The number of nitrogens with one attached hydrogen (secondary N) is 1. The van der Waals surface area contributed by atoms with E-state index < -0.39 is 20.0 Å². The fraction of sp³-hybridized carbons (Fsp3) is 0.701. The normalized spacial score (nSPS) is 14.4. The Labute approximate surface area is 474 Å². The molecule has 0 radical (unpaired) electrons. The number of phosphoric ester groups is 1. The monoisotopic (exact) mass is 1090 g/mol. The van der Waals surface area contributed by atoms with Crippen molar-refractivity contribution in [1.29, 1.82) is 0 Å². The van der Waals surface area contributed by atoms with Crippen molar-refractivity contribution in [3.63, 3.8) is 0 Å². The van der Waals surface area contributed by atoms with Crippen LogP contribution < -0.4 is 5.32 Å². The van der Waals surface area contributed by atoms with E-state index in [9.17, 15) is 19.0 Å². The maximum absolute atomic E-state index is 13.5. The van der Waals surface area contributed by atoms with Gasteiger partial charge in [0.15, 0.2) is 0 Å². The molecule has 0 aromatic carbocycles. The van der Waals surface area contributed by atoms with Crippen LogP contribution in [-0.2, 0) is 27.9 Å². The molecule has 3 atom stereocenters. The number of allylic oxidation sites excluding steroid dienone is 17. The molecule has 0 rings (SSSR count). The number of hydrogen-bond acceptors (Lipinski definition) is 6. The molecule has 3 unspecified atom stereocenters. The van der Waals surface area contributed by atoms with Gasteiger partial charge in [0, 0.05) is 12.8 Å². The number of esters is 1. The van der Waals surface area contributed by atoms with Gasteiger partial charge in [-0.1, -0.05) is 240 Å². The average molecular weight is 1090 g/mol. The summed E-state index contributed by atoms with van der Waals surface area (Å²) >= 11 is 0. The number of carbonyl (C=O) groups excluding carboxylic acids is 2. The number of rotatable bonds is 55. The molecule has 442 valence electrons. The summed E-state index contributed by atoms with van der Waals surface area (Å²) in [6, 6.07) is -0.865. The fourth-order valence-electron chi connectivity index (χ4n) is 8.45. The van der Waals surface area contributed by atoms with Crippen LogP contribution in [0.2, 0.25) is 0 Å². The third-order valence-electron chi connectivity index (χ3n) is 13.2. The molecular weight excluding hydrogens is 976 g/mol. The van der Waals surface area contributed by atoms with Gasteiger partial charge in [0.1, 0.15) is 19.3 Å². The third kappa shape index (κ3) is 57.2. The molecule has 0 saturated carbocycles. The van der Waals surface area contributed by atoms with Gasteiger partial charge >= 0.3 is 13.8 Å². The number of nitrogens with zero attached hydrogens (tertiary/aromatic N) is 1. The van der Waals surface area contributed by atoms with E-state index >= 15 is 0 Å². The predicted octanol–water partition coefficient (Wildman–Crippen LogP) is 19.3. The molecule has 1 amide bonds. The second-order valence-corrected chi connectivity index (χ2v) is 23.3. The first-order valence-electron chi connectivity index (χ1n) is 31.2. The fourth-order valence-corrected chi connectivity index (χ4v) is 9.19. The van der Waals surface area contributed by atoms with E-state index in [4.69, 9.17) is 13.8 Å². The minimum absolute atomic E-state index is 0.0307.